The third-order valence-corrected chi connectivity index (χ3v) is 6.61. The highest BCUT2D eigenvalue weighted by atomic mass is 16.6. The van der Waals surface area contributed by atoms with Crippen molar-refractivity contribution in [1.82, 2.24) is 0 Å². The second-order valence-corrected chi connectivity index (χ2v) is 8.81. The zero-order chi connectivity index (χ0) is 16.9. The molecule has 0 spiro atoms. The van der Waals surface area contributed by atoms with Gasteiger partial charge in [-0.1, -0.05) is 34.6 Å². The smallest absolute Gasteiger partial charge is 0.309 e. The zero-order valence-corrected chi connectivity index (χ0v) is 15.5. The van der Waals surface area contributed by atoms with Gasteiger partial charge in [0.1, 0.15) is 12.2 Å². The van der Waals surface area contributed by atoms with Crippen LogP contribution < -0.4 is 0 Å². The Balaban J connectivity index is 1.79. The van der Waals surface area contributed by atoms with E-state index in [9.17, 15) is 4.79 Å². The summed E-state index contributed by atoms with van der Waals surface area (Å²) >= 11 is 0. The van der Waals surface area contributed by atoms with Crippen LogP contribution in [0.2, 0.25) is 0 Å². The lowest BCUT2D eigenvalue weighted by Gasteiger charge is -2.40. The summed E-state index contributed by atoms with van der Waals surface area (Å²) in [7, 11) is 0. The van der Waals surface area contributed by atoms with Crippen LogP contribution in [0.1, 0.15) is 60.8 Å². The fourth-order valence-electron chi connectivity index (χ4n) is 5.21. The molecular weight excluding hydrogens is 288 g/mol. The van der Waals surface area contributed by atoms with Crippen molar-refractivity contribution in [2.45, 2.75) is 73.0 Å². The number of fused-ring (bicyclic) bond motifs is 1. The molecule has 3 heteroatoms. The van der Waals surface area contributed by atoms with E-state index >= 15 is 0 Å². The quantitative estimate of drug-likeness (QED) is 0.531. The Morgan fingerprint density at radius 3 is 2.61 bits per heavy atom. The number of allylic oxidation sites excluding steroid dienone is 2. The van der Waals surface area contributed by atoms with E-state index in [1.165, 1.54) is 0 Å². The Morgan fingerprint density at radius 2 is 2.04 bits per heavy atom. The van der Waals surface area contributed by atoms with Crippen molar-refractivity contribution in [3.05, 3.63) is 11.8 Å². The lowest BCUT2D eigenvalue weighted by atomic mass is 9.71. The molecule has 3 nitrogen and oxygen atoms in total. The largest absolute Gasteiger partial charge is 0.490 e. The number of esters is 1. The fourth-order valence-corrected chi connectivity index (χ4v) is 5.21. The van der Waals surface area contributed by atoms with Crippen LogP contribution in [0.3, 0.4) is 0 Å². The van der Waals surface area contributed by atoms with Gasteiger partial charge in [0.2, 0.25) is 0 Å². The molecule has 1 aliphatic heterocycles. The summed E-state index contributed by atoms with van der Waals surface area (Å²) in [5.74, 6) is 3.30. The van der Waals surface area contributed by atoms with Crippen molar-refractivity contribution in [2.75, 3.05) is 0 Å². The van der Waals surface area contributed by atoms with Gasteiger partial charge >= 0.3 is 5.97 Å². The van der Waals surface area contributed by atoms with E-state index in [1.54, 1.807) is 0 Å². The van der Waals surface area contributed by atoms with E-state index in [2.05, 4.69) is 47.6 Å². The number of rotatable bonds is 6. The average Bonchev–Trinajstić information content (AvgIpc) is 3.07. The van der Waals surface area contributed by atoms with Crippen molar-refractivity contribution >= 4 is 5.97 Å². The van der Waals surface area contributed by atoms with Gasteiger partial charge in [0.05, 0.1) is 11.7 Å². The van der Waals surface area contributed by atoms with Gasteiger partial charge in [0.15, 0.2) is 0 Å². The van der Waals surface area contributed by atoms with Crippen LogP contribution in [-0.2, 0) is 14.3 Å². The van der Waals surface area contributed by atoms with E-state index in [4.69, 9.17) is 9.47 Å². The van der Waals surface area contributed by atoms with Gasteiger partial charge in [-0.25, -0.2) is 0 Å². The van der Waals surface area contributed by atoms with Crippen LogP contribution >= 0.6 is 0 Å². The Morgan fingerprint density at radius 1 is 1.35 bits per heavy atom. The number of hydrogen-bond donors (Lipinski definition) is 0. The molecule has 3 fully saturated rings. The third-order valence-electron chi connectivity index (χ3n) is 6.61. The van der Waals surface area contributed by atoms with Crippen molar-refractivity contribution in [3.63, 3.8) is 0 Å². The summed E-state index contributed by atoms with van der Waals surface area (Å²) in [5, 5.41) is 0. The normalized spacial score (nSPS) is 38.3. The zero-order valence-electron chi connectivity index (χ0n) is 15.5. The molecule has 2 aliphatic carbocycles. The van der Waals surface area contributed by atoms with Gasteiger partial charge in [0, 0.05) is 17.3 Å². The second kappa shape index (κ2) is 5.82. The van der Waals surface area contributed by atoms with Gasteiger partial charge in [-0.2, -0.15) is 0 Å². The molecule has 6 atom stereocenters. The van der Waals surface area contributed by atoms with Crippen LogP contribution in [0.5, 0.6) is 0 Å². The lowest BCUT2D eigenvalue weighted by Crippen LogP contribution is -2.38. The predicted octanol–water partition coefficient (Wildman–Crippen LogP) is 4.57. The molecule has 2 saturated carbocycles. The molecule has 0 aromatic heterocycles. The SMILES string of the molecule is CC=C(OC1C2CC3C(=O)OC1C3C2)C(C)(CC(C)C)C(C)C. The first-order valence-corrected chi connectivity index (χ1v) is 9.31. The summed E-state index contributed by atoms with van der Waals surface area (Å²) in [6.45, 7) is 13.5. The van der Waals surface area contributed by atoms with Crippen molar-refractivity contribution in [1.29, 1.82) is 0 Å². The number of carbonyl (C=O) groups is 1. The van der Waals surface area contributed by atoms with Gasteiger partial charge < -0.3 is 9.47 Å². The molecule has 23 heavy (non-hydrogen) atoms. The van der Waals surface area contributed by atoms with Crippen LogP contribution in [0.4, 0.5) is 0 Å². The van der Waals surface area contributed by atoms with E-state index in [-0.39, 0.29) is 29.5 Å². The summed E-state index contributed by atoms with van der Waals surface area (Å²) in [4.78, 5) is 12.0. The molecular formula is C20H32O3. The molecule has 0 aromatic carbocycles. The van der Waals surface area contributed by atoms with Crippen molar-refractivity contribution in [3.8, 4) is 0 Å². The molecule has 1 heterocycles. The highest BCUT2D eigenvalue weighted by molar-refractivity contribution is 5.76. The average molecular weight is 320 g/mol. The molecule has 0 N–H and O–H groups in total. The van der Waals surface area contributed by atoms with Gasteiger partial charge in [-0.3, -0.25) is 4.79 Å². The third kappa shape index (κ3) is 2.60. The van der Waals surface area contributed by atoms with Crippen LogP contribution in [0.15, 0.2) is 11.8 Å². The minimum atomic E-state index is -0.00309. The topological polar surface area (TPSA) is 35.5 Å². The minimum Gasteiger partial charge on any atom is -0.490 e. The molecule has 0 aromatic rings. The van der Waals surface area contributed by atoms with Crippen molar-refractivity contribution < 1.29 is 14.3 Å². The summed E-state index contributed by atoms with van der Waals surface area (Å²) in [5.41, 5.74) is 0.0345. The second-order valence-electron chi connectivity index (χ2n) is 8.81. The molecule has 0 radical (unpaired) electrons. The first-order chi connectivity index (χ1) is 10.8. The molecule has 1 saturated heterocycles. The maximum Gasteiger partial charge on any atom is 0.309 e. The molecule has 3 aliphatic rings. The first kappa shape index (κ1) is 16.9. The Hall–Kier alpha value is -0.990. The Labute approximate surface area is 140 Å². The molecule has 0 amide bonds. The number of ether oxygens (including phenoxy) is 2. The highest BCUT2D eigenvalue weighted by Gasteiger charge is 2.63. The molecule has 130 valence electrons. The molecule has 3 rings (SSSR count). The standard InChI is InChI=1S/C20H32O3/c1-7-16(20(6,12(4)5)10-11(2)3)22-17-13-8-14-15(9-13)19(21)23-18(14)17/h7,11-15,17-18H,8-10H2,1-6H3. The number of hydrogen-bond acceptors (Lipinski definition) is 3. The van der Waals surface area contributed by atoms with Crippen LogP contribution in [-0.4, -0.2) is 18.2 Å². The van der Waals surface area contributed by atoms with Gasteiger partial charge in [0.25, 0.3) is 0 Å². The number of carbonyl (C=O) groups excluding carboxylic acids is 1. The molecule has 6 unspecified atom stereocenters. The van der Waals surface area contributed by atoms with E-state index < -0.39 is 0 Å². The minimum absolute atomic E-state index is 0.00309. The monoisotopic (exact) mass is 320 g/mol. The Kier molecular flexibility index (Phi) is 4.27. The Bertz CT molecular complexity index is 507. The maximum atomic E-state index is 12.0. The summed E-state index contributed by atoms with van der Waals surface area (Å²) < 4.78 is 12.2. The van der Waals surface area contributed by atoms with E-state index in [0.717, 1.165) is 25.0 Å². The van der Waals surface area contributed by atoms with Crippen LogP contribution in [0, 0.1) is 35.0 Å². The highest BCUT2D eigenvalue weighted by Crippen LogP contribution is 2.56. The first-order valence-electron chi connectivity index (χ1n) is 9.31. The molecule has 2 bridgehead atoms. The fraction of sp³-hybridized carbons (Fsp3) is 0.850. The predicted molar refractivity (Wildman–Crippen MR) is 90.6 cm³/mol. The van der Waals surface area contributed by atoms with Crippen LogP contribution in [0.25, 0.3) is 0 Å². The van der Waals surface area contributed by atoms with Gasteiger partial charge in [-0.05, 0) is 44.1 Å². The lowest BCUT2D eigenvalue weighted by molar-refractivity contribution is -0.146. The van der Waals surface area contributed by atoms with Gasteiger partial charge in [-0.15, -0.1) is 0 Å². The maximum absolute atomic E-state index is 12.0. The van der Waals surface area contributed by atoms with E-state index in [1.807, 2.05) is 0 Å². The van der Waals surface area contributed by atoms with E-state index in [0.29, 0.717) is 23.7 Å². The summed E-state index contributed by atoms with van der Waals surface area (Å²) in [6, 6.07) is 0. The van der Waals surface area contributed by atoms with Crippen molar-refractivity contribution in [2.24, 2.45) is 35.0 Å². The summed E-state index contributed by atoms with van der Waals surface area (Å²) in [6.07, 6.45) is 5.38.